The summed E-state index contributed by atoms with van der Waals surface area (Å²) in [6.45, 7) is 4.55. The smallest absolute Gasteiger partial charge is 0.325 e. The molecule has 0 atom stereocenters. The third-order valence-corrected chi connectivity index (χ3v) is 5.92. The van der Waals surface area contributed by atoms with Crippen molar-refractivity contribution >= 4 is 33.4 Å². The van der Waals surface area contributed by atoms with Gasteiger partial charge < -0.3 is 14.4 Å². The Kier molecular flexibility index (Phi) is 8.13. The summed E-state index contributed by atoms with van der Waals surface area (Å²) in [5.74, 6) is -0.732. The monoisotopic (exact) mass is 457 g/mol. The van der Waals surface area contributed by atoms with Crippen LogP contribution in [0.15, 0.2) is 40.8 Å². The number of hydrogen-bond donors (Lipinski definition) is 0. The molecule has 170 valence electrons. The van der Waals surface area contributed by atoms with E-state index in [-0.39, 0.29) is 44.1 Å². The molecule has 3 aromatic rings. The van der Waals surface area contributed by atoms with Crippen LogP contribution in [0.3, 0.4) is 0 Å². The number of aryl methyl sites for hydroxylation is 2. The summed E-state index contributed by atoms with van der Waals surface area (Å²) >= 11 is 1.42. The summed E-state index contributed by atoms with van der Waals surface area (Å²) in [6, 6.07) is 7.98. The van der Waals surface area contributed by atoms with Crippen molar-refractivity contribution in [2.75, 3.05) is 33.4 Å². The van der Waals surface area contributed by atoms with E-state index in [0.717, 1.165) is 16.7 Å². The van der Waals surface area contributed by atoms with Gasteiger partial charge in [0, 0.05) is 37.6 Å². The van der Waals surface area contributed by atoms with Crippen molar-refractivity contribution < 1.29 is 19.1 Å². The number of rotatable bonds is 10. The molecule has 3 rings (SSSR count). The van der Waals surface area contributed by atoms with Gasteiger partial charge in [0.05, 0.1) is 24.9 Å². The molecule has 32 heavy (non-hydrogen) atoms. The molecule has 0 saturated heterocycles. The summed E-state index contributed by atoms with van der Waals surface area (Å²) in [6.07, 6.45) is 1.53. The van der Waals surface area contributed by atoms with E-state index in [0.29, 0.717) is 16.8 Å². The van der Waals surface area contributed by atoms with Crippen molar-refractivity contribution in [3.63, 3.8) is 0 Å². The van der Waals surface area contributed by atoms with Crippen LogP contribution in [0.4, 0.5) is 0 Å². The Bertz CT molecular complexity index is 1140. The maximum absolute atomic E-state index is 13.2. The van der Waals surface area contributed by atoms with Crippen LogP contribution in [0.2, 0.25) is 0 Å². The van der Waals surface area contributed by atoms with Crippen molar-refractivity contribution in [3.05, 3.63) is 51.9 Å². The van der Waals surface area contributed by atoms with Gasteiger partial charge in [-0.1, -0.05) is 29.8 Å². The molecule has 1 aromatic carbocycles. The average Bonchev–Trinajstić information content (AvgIpc) is 3.21. The van der Waals surface area contributed by atoms with Crippen LogP contribution in [-0.4, -0.2) is 59.7 Å². The van der Waals surface area contributed by atoms with Crippen molar-refractivity contribution in [1.82, 2.24) is 14.5 Å². The molecule has 0 unspecified atom stereocenters. The molecule has 0 aliphatic carbocycles. The molecule has 0 fully saturated rings. The average molecular weight is 458 g/mol. The molecule has 0 aliphatic rings. The number of thiophene rings is 1. The van der Waals surface area contributed by atoms with Gasteiger partial charge in [-0.25, -0.2) is 4.98 Å². The number of benzene rings is 1. The summed E-state index contributed by atoms with van der Waals surface area (Å²) in [5, 5.41) is 2.49. The third-order valence-electron chi connectivity index (χ3n) is 5.03. The lowest BCUT2D eigenvalue weighted by atomic mass is 10.1. The minimum Gasteiger partial charge on any atom is -0.465 e. The molecule has 9 heteroatoms. The number of aromatic nitrogens is 2. The van der Waals surface area contributed by atoms with Gasteiger partial charge in [-0.15, -0.1) is 11.3 Å². The molecule has 0 saturated carbocycles. The Labute approximate surface area is 190 Å². The van der Waals surface area contributed by atoms with E-state index in [4.69, 9.17) is 9.47 Å². The number of amides is 1. The summed E-state index contributed by atoms with van der Waals surface area (Å²) in [7, 11) is 1.53. The maximum Gasteiger partial charge on any atom is 0.325 e. The van der Waals surface area contributed by atoms with E-state index >= 15 is 0 Å². The van der Waals surface area contributed by atoms with E-state index in [1.54, 1.807) is 6.92 Å². The van der Waals surface area contributed by atoms with Crippen LogP contribution < -0.4 is 5.56 Å². The van der Waals surface area contributed by atoms with Crippen LogP contribution in [0.1, 0.15) is 18.9 Å². The molecular weight excluding hydrogens is 430 g/mol. The van der Waals surface area contributed by atoms with Gasteiger partial charge in [0.15, 0.2) is 0 Å². The largest absolute Gasteiger partial charge is 0.465 e. The zero-order chi connectivity index (χ0) is 23.1. The second-order valence-electron chi connectivity index (χ2n) is 7.30. The van der Waals surface area contributed by atoms with Crippen molar-refractivity contribution in [2.24, 2.45) is 0 Å². The van der Waals surface area contributed by atoms with Crippen molar-refractivity contribution in [1.29, 1.82) is 0 Å². The summed E-state index contributed by atoms with van der Waals surface area (Å²) in [4.78, 5) is 44.2. The number of carbonyl (C=O) groups excluding carboxylic acids is 2. The fraction of sp³-hybridized carbons (Fsp3) is 0.391. The minimum absolute atomic E-state index is 0.0558. The standard InChI is InChI=1S/C23H27N3O5S/c1-4-31-20(28)13-25(11-12-30-3)19(27)9-10-26-15-24-22-21(23(26)29)18(14-32-22)17-7-5-16(2)6-8-17/h5-8,14-15H,4,9-13H2,1-3H3. The molecule has 0 N–H and O–H groups in total. The molecule has 1 amide bonds. The summed E-state index contributed by atoms with van der Waals surface area (Å²) in [5.41, 5.74) is 2.75. The van der Waals surface area contributed by atoms with Crippen LogP contribution >= 0.6 is 11.3 Å². The van der Waals surface area contributed by atoms with E-state index in [1.165, 1.54) is 34.2 Å². The molecule has 0 spiro atoms. The molecule has 0 bridgehead atoms. The highest BCUT2D eigenvalue weighted by Crippen LogP contribution is 2.30. The highest BCUT2D eigenvalue weighted by atomic mass is 32.1. The number of carbonyl (C=O) groups is 2. The van der Waals surface area contributed by atoms with Crippen LogP contribution in [-0.2, 0) is 25.6 Å². The normalized spacial score (nSPS) is 11.0. The first-order chi connectivity index (χ1) is 15.4. The second kappa shape index (κ2) is 11.0. The van der Waals surface area contributed by atoms with E-state index < -0.39 is 5.97 Å². The maximum atomic E-state index is 13.2. The van der Waals surface area contributed by atoms with Gasteiger partial charge in [-0.3, -0.25) is 19.0 Å². The van der Waals surface area contributed by atoms with Crippen LogP contribution in [0, 0.1) is 6.92 Å². The predicted molar refractivity (Wildman–Crippen MR) is 124 cm³/mol. The Morgan fingerprint density at radius 1 is 1.22 bits per heavy atom. The fourth-order valence-electron chi connectivity index (χ4n) is 3.30. The highest BCUT2D eigenvalue weighted by Gasteiger charge is 2.19. The minimum atomic E-state index is -0.474. The zero-order valence-corrected chi connectivity index (χ0v) is 19.3. The lowest BCUT2D eigenvalue weighted by molar-refractivity contribution is -0.149. The van der Waals surface area contributed by atoms with Gasteiger partial charge in [0.25, 0.3) is 5.56 Å². The van der Waals surface area contributed by atoms with Crippen molar-refractivity contribution in [2.45, 2.75) is 26.8 Å². The Morgan fingerprint density at radius 3 is 2.66 bits per heavy atom. The van der Waals surface area contributed by atoms with Crippen LogP contribution in [0.5, 0.6) is 0 Å². The third kappa shape index (κ3) is 5.60. The lowest BCUT2D eigenvalue weighted by Gasteiger charge is -2.21. The molecule has 0 aliphatic heterocycles. The number of esters is 1. The topological polar surface area (TPSA) is 90.7 Å². The first-order valence-electron chi connectivity index (χ1n) is 10.4. The van der Waals surface area contributed by atoms with Gasteiger partial charge in [-0.2, -0.15) is 0 Å². The first-order valence-corrected chi connectivity index (χ1v) is 11.3. The zero-order valence-electron chi connectivity index (χ0n) is 18.5. The van der Waals surface area contributed by atoms with Gasteiger partial charge in [-0.05, 0) is 19.4 Å². The number of methoxy groups -OCH3 is 1. The number of ether oxygens (including phenoxy) is 2. The second-order valence-corrected chi connectivity index (χ2v) is 8.16. The fourth-order valence-corrected chi connectivity index (χ4v) is 4.21. The summed E-state index contributed by atoms with van der Waals surface area (Å²) < 4.78 is 11.4. The molecule has 2 heterocycles. The Morgan fingerprint density at radius 2 is 1.97 bits per heavy atom. The SMILES string of the molecule is CCOC(=O)CN(CCOC)C(=O)CCn1cnc2scc(-c3ccc(C)cc3)c2c1=O. The quantitative estimate of drug-likeness (QED) is 0.435. The van der Waals surface area contributed by atoms with E-state index in [9.17, 15) is 14.4 Å². The number of hydrogen-bond acceptors (Lipinski definition) is 7. The molecule has 0 radical (unpaired) electrons. The number of nitrogens with zero attached hydrogens (tertiary/aromatic N) is 3. The van der Waals surface area contributed by atoms with Gasteiger partial charge in [0.2, 0.25) is 5.91 Å². The van der Waals surface area contributed by atoms with E-state index in [2.05, 4.69) is 4.98 Å². The molecule has 2 aromatic heterocycles. The van der Waals surface area contributed by atoms with Crippen molar-refractivity contribution in [3.8, 4) is 11.1 Å². The Balaban J connectivity index is 1.79. The van der Waals surface area contributed by atoms with E-state index in [1.807, 2.05) is 36.6 Å². The number of fused-ring (bicyclic) bond motifs is 1. The Hall–Kier alpha value is -3.04. The molecular formula is C23H27N3O5S. The molecule has 8 nitrogen and oxygen atoms in total. The van der Waals surface area contributed by atoms with Gasteiger partial charge in [0.1, 0.15) is 11.4 Å². The van der Waals surface area contributed by atoms with Crippen LogP contribution in [0.25, 0.3) is 21.3 Å². The van der Waals surface area contributed by atoms with Gasteiger partial charge >= 0.3 is 5.97 Å². The predicted octanol–water partition coefficient (Wildman–Crippen LogP) is 2.86. The first kappa shape index (κ1) is 23.6. The highest BCUT2D eigenvalue weighted by molar-refractivity contribution is 7.17. The lowest BCUT2D eigenvalue weighted by Crippen LogP contribution is -2.39.